The number of nitrogens with zero attached hydrogens (tertiary/aromatic N) is 2. The molecule has 0 saturated heterocycles. The second kappa shape index (κ2) is 3.42. The van der Waals surface area contributed by atoms with Gasteiger partial charge in [0.15, 0.2) is 11.0 Å². The SMILES string of the molecule is Nc1nc(-c2cc(Cl)sc2Cl)ns1. The summed E-state index contributed by atoms with van der Waals surface area (Å²) < 4.78 is 5.23. The summed E-state index contributed by atoms with van der Waals surface area (Å²) in [5, 5.41) is 0.424. The first kappa shape index (κ1) is 9.21. The van der Waals surface area contributed by atoms with Gasteiger partial charge in [0.1, 0.15) is 4.34 Å². The van der Waals surface area contributed by atoms with E-state index in [2.05, 4.69) is 9.36 Å². The van der Waals surface area contributed by atoms with E-state index in [0.29, 0.717) is 19.6 Å². The molecule has 0 radical (unpaired) electrons. The normalized spacial score (nSPS) is 10.6. The van der Waals surface area contributed by atoms with Crippen LogP contribution in [0.3, 0.4) is 0 Å². The summed E-state index contributed by atoms with van der Waals surface area (Å²) in [5.41, 5.74) is 6.19. The second-order valence-corrected chi connectivity index (χ2v) is 5.26. The molecule has 0 aromatic carbocycles. The standard InChI is InChI=1S/C6H3Cl2N3S2/c7-3-1-2(4(8)12-3)5-10-6(9)13-11-5/h1H,(H2,9,10,11). The summed E-state index contributed by atoms with van der Waals surface area (Å²) in [5.74, 6) is 0.538. The molecule has 2 N–H and O–H groups in total. The van der Waals surface area contributed by atoms with Crippen molar-refractivity contribution in [2.75, 3.05) is 5.73 Å². The molecule has 0 aliphatic rings. The molecule has 3 nitrogen and oxygen atoms in total. The second-order valence-electron chi connectivity index (χ2n) is 2.19. The van der Waals surface area contributed by atoms with Crippen molar-refractivity contribution in [3.63, 3.8) is 0 Å². The highest BCUT2D eigenvalue weighted by atomic mass is 35.5. The maximum atomic E-state index is 5.91. The highest BCUT2D eigenvalue weighted by Crippen LogP contribution is 2.37. The summed E-state index contributed by atoms with van der Waals surface area (Å²) in [7, 11) is 0. The average molecular weight is 252 g/mol. The fourth-order valence-corrected chi connectivity index (χ4v) is 2.74. The van der Waals surface area contributed by atoms with Crippen LogP contribution in [0.1, 0.15) is 0 Å². The van der Waals surface area contributed by atoms with Gasteiger partial charge in [-0.1, -0.05) is 23.2 Å². The number of anilines is 1. The molecule has 2 aromatic heterocycles. The van der Waals surface area contributed by atoms with Crippen LogP contribution in [0.4, 0.5) is 5.13 Å². The van der Waals surface area contributed by atoms with Crippen LogP contribution >= 0.6 is 46.1 Å². The number of hydrogen-bond acceptors (Lipinski definition) is 5. The number of nitrogen functional groups attached to an aromatic ring is 1. The Kier molecular flexibility index (Phi) is 2.42. The molecule has 0 amide bonds. The molecule has 0 aliphatic heterocycles. The summed E-state index contributed by atoms with van der Waals surface area (Å²) in [6, 6.07) is 1.73. The van der Waals surface area contributed by atoms with E-state index in [1.807, 2.05) is 0 Å². The Morgan fingerprint density at radius 1 is 1.38 bits per heavy atom. The molecule has 2 aromatic rings. The Morgan fingerprint density at radius 2 is 2.15 bits per heavy atom. The fourth-order valence-electron chi connectivity index (χ4n) is 0.837. The monoisotopic (exact) mass is 251 g/mol. The minimum absolute atomic E-state index is 0.424. The first-order valence-electron chi connectivity index (χ1n) is 3.21. The molecule has 13 heavy (non-hydrogen) atoms. The van der Waals surface area contributed by atoms with E-state index >= 15 is 0 Å². The Bertz CT molecular complexity index is 437. The van der Waals surface area contributed by atoms with Gasteiger partial charge in [0.05, 0.1) is 9.90 Å². The van der Waals surface area contributed by atoms with Crippen molar-refractivity contribution in [2.24, 2.45) is 0 Å². The van der Waals surface area contributed by atoms with Gasteiger partial charge in [0.2, 0.25) is 0 Å². The van der Waals surface area contributed by atoms with Gasteiger partial charge < -0.3 is 5.73 Å². The van der Waals surface area contributed by atoms with E-state index in [9.17, 15) is 0 Å². The van der Waals surface area contributed by atoms with Crippen LogP contribution in [0.5, 0.6) is 0 Å². The lowest BCUT2D eigenvalue weighted by Crippen LogP contribution is -1.82. The lowest BCUT2D eigenvalue weighted by atomic mass is 10.3. The molecule has 68 valence electrons. The van der Waals surface area contributed by atoms with Crippen molar-refractivity contribution in [3.8, 4) is 11.4 Å². The van der Waals surface area contributed by atoms with Gasteiger partial charge in [-0.3, -0.25) is 0 Å². The first-order chi connectivity index (χ1) is 6.16. The Hall–Kier alpha value is -0.360. The topological polar surface area (TPSA) is 51.8 Å². The number of aromatic nitrogens is 2. The Balaban J connectivity index is 2.51. The van der Waals surface area contributed by atoms with Crippen molar-refractivity contribution in [1.29, 1.82) is 0 Å². The summed E-state index contributed by atoms with van der Waals surface area (Å²) >= 11 is 14.1. The van der Waals surface area contributed by atoms with Crippen molar-refractivity contribution >= 4 is 51.2 Å². The van der Waals surface area contributed by atoms with E-state index < -0.39 is 0 Å². The molecule has 0 fully saturated rings. The minimum atomic E-state index is 0.424. The molecular formula is C6H3Cl2N3S2. The van der Waals surface area contributed by atoms with Crippen LogP contribution in [-0.2, 0) is 0 Å². The van der Waals surface area contributed by atoms with Crippen molar-refractivity contribution < 1.29 is 0 Å². The van der Waals surface area contributed by atoms with Crippen LogP contribution < -0.4 is 5.73 Å². The molecule has 0 atom stereocenters. The van der Waals surface area contributed by atoms with Crippen LogP contribution in [0.2, 0.25) is 8.67 Å². The van der Waals surface area contributed by atoms with Crippen molar-refractivity contribution in [3.05, 3.63) is 14.7 Å². The minimum Gasteiger partial charge on any atom is -0.374 e. The van der Waals surface area contributed by atoms with E-state index in [4.69, 9.17) is 28.9 Å². The van der Waals surface area contributed by atoms with E-state index in [1.165, 1.54) is 11.3 Å². The lowest BCUT2D eigenvalue weighted by molar-refractivity contribution is 1.34. The van der Waals surface area contributed by atoms with Gasteiger partial charge in [-0.15, -0.1) is 11.3 Å². The van der Waals surface area contributed by atoms with Crippen LogP contribution in [0, 0.1) is 0 Å². The third-order valence-corrected chi connectivity index (χ3v) is 3.37. The Labute approximate surface area is 92.3 Å². The maximum Gasteiger partial charge on any atom is 0.200 e. The van der Waals surface area contributed by atoms with Crippen LogP contribution in [0.25, 0.3) is 11.4 Å². The first-order valence-corrected chi connectivity index (χ1v) is 5.56. The van der Waals surface area contributed by atoms with Crippen molar-refractivity contribution in [1.82, 2.24) is 9.36 Å². The van der Waals surface area contributed by atoms with E-state index in [0.717, 1.165) is 17.1 Å². The molecule has 7 heteroatoms. The lowest BCUT2D eigenvalue weighted by Gasteiger charge is -1.87. The van der Waals surface area contributed by atoms with Crippen molar-refractivity contribution in [2.45, 2.75) is 0 Å². The third kappa shape index (κ3) is 1.78. The molecule has 0 spiro atoms. The van der Waals surface area contributed by atoms with Crippen LogP contribution in [-0.4, -0.2) is 9.36 Å². The summed E-state index contributed by atoms with van der Waals surface area (Å²) in [6.07, 6.45) is 0. The number of hydrogen-bond donors (Lipinski definition) is 1. The van der Waals surface area contributed by atoms with Gasteiger partial charge in [-0.05, 0) is 6.07 Å². The molecule has 2 heterocycles. The largest absolute Gasteiger partial charge is 0.374 e. The number of thiophene rings is 1. The predicted molar refractivity (Wildman–Crippen MR) is 57.7 cm³/mol. The molecule has 0 bridgehead atoms. The zero-order valence-electron chi connectivity index (χ0n) is 6.12. The number of nitrogens with two attached hydrogens (primary N) is 1. The summed E-state index contributed by atoms with van der Waals surface area (Å²) in [4.78, 5) is 4.00. The van der Waals surface area contributed by atoms with Gasteiger partial charge in [-0.2, -0.15) is 9.36 Å². The van der Waals surface area contributed by atoms with Crippen LogP contribution in [0.15, 0.2) is 6.07 Å². The highest BCUT2D eigenvalue weighted by molar-refractivity contribution is 7.20. The maximum absolute atomic E-state index is 5.91. The molecule has 0 aliphatic carbocycles. The van der Waals surface area contributed by atoms with Gasteiger partial charge in [-0.25, -0.2) is 0 Å². The smallest absolute Gasteiger partial charge is 0.200 e. The molecule has 0 unspecified atom stereocenters. The zero-order chi connectivity index (χ0) is 9.42. The molecule has 0 saturated carbocycles. The molecular weight excluding hydrogens is 249 g/mol. The third-order valence-electron chi connectivity index (χ3n) is 1.34. The average Bonchev–Trinajstić information content (AvgIpc) is 2.58. The van der Waals surface area contributed by atoms with Gasteiger partial charge in [0, 0.05) is 11.5 Å². The summed E-state index contributed by atoms with van der Waals surface area (Å²) in [6.45, 7) is 0. The Morgan fingerprint density at radius 3 is 2.62 bits per heavy atom. The molecule has 2 rings (SSSR count). The van der Waals surface area contributed by atoms with E-state index in [-0.39, 0.29) is 0 Å². The predicted octanol–water partition coefficient (Wildman–Crippen LogP) is 3.16. The highest BCUT2D eigenvalue weighted by Gasteiger charge is 2.12. The zero-order valence-corrected chi connectivity index (χ0v) is 9.27. The van der Waals surface area contributed by atoms with Gasteiger partial charge >= 0.3 is 0 Å². The quantitative estimate of drug-likeness (QED) is 0.848. The number of rotatable bonds is 1. The fraction of sp³-hybridized carbons (Fsp3) is 0. The van der Waals surface area contributed by atoms with E-state index in [1.54, 1.807) is 6.07 Å². The number of halogens is 2. The van der Waals surface area contributed by atoms with Gasteiger partial charge in [0.25, 0.3) is 0 Å².